The smallest absolute Gasteiger partial charge is 0.268 e. The number of nitrogens with one attached hydrogen (secondary N) is 1. The van der Waals surface area contributed by atoms with E-state index in [1.807, 2.05) is 27.2 Å². The number of phosphoric ester groups is 1. The Labute approximate surface area is 499 Å². The molecule has 0 aliphatic heterocycles. The lowest BCUT2D eigenvalue weighted by molar-refractivity contribution is -0.870. The van der Waals surface area contributed by atoms with Crippen molar-refractivity contribution in [2.75, 3.05) is 40.9 Å². The number of aliphatic hydroxyl groups is 1. The van der Waals surface area contributed by atoms with E-state index in [9.17, 15) is 19.4 Å². The van der Waals surface area contributed by atoms with Gasteiger partial charge < -0.3 is 28.8 Å². The topological polar surface area (TPSA) is 108 Å². The molecular formula is C72H121N2O6P. The van der Waals surface area contributed by atoms with Gasteiger partial charge in [-0.15, -0.1) is 0 Å². The summed E-state index contributed by atoms with van der Waals surface area (Å²) in [6.45, 7) is 4.51. The predicted molar refractivity (Wildman–Crippen MR) is 352 cm³/mol. The second kappa shape index (κ2) is 60.7. The zero-order valence-corrected chi connectivity index (χ0v) is 53.3. The molecule has 1 amide bonds. The van der Waals surface area contributed by atoms with Crippen molar-refractivity contribution in [1.82, 2.24) is 5.32 Å². The van der Waals surface area contributed by atoms with E-state index in [0.717, 1.165) is 128 Å². The van der Waals surface area contributed by atoms with Crippen molar-refractivity contribution in [3.63, 3.8) is 0 Å². The van der Waals surface area contributed by atoms with Gasteiger partial charge in [0.15, 0.2) is 0 Å². The molecule has 3 unspecified atom stereocenters. The molecule has 0 aliphatic carbocycles. The van der Waals surface area contributed by atoms with Gasteiger partial charge >= 0.3 is 0 Å². The third-order valence-electron chi connectivity index (χ3n) is 13.5. The van der Waals surface area contributed by atoms with Crippen LogP contribution < -0.4 is 10.2 Å². The van der Waals surface area contributed by atoms with Crippen molar-refractivity contribution in [2.45, 2.75) is 251 Å². The summed E-state index contributed by atoms with van der Waals surface area (Å²) in [5, 5.41) is 13.9. The molecule has 9 heteroatoms. The highest BCUT2D eigenvalue weighted by molar-refractivity contribution is 7.45. The third kappa shape index (κ3) is 63.5. The van der Waals surface area contributed by atoms with E-state index in [4.69, 9.17) is 9.05 Å². The molecule has 460 valence electrons. The van der Waals surface area contributed by atoms with E-state index >= 15 is 0 Å². The van der Waals surface area contributed by atoms with E-state index in [0.29, 0.717) is 17.4 Å². The quantitative estimate of drug-likeness (QED) is 0.0272. The van der Waals surface area contributed by atoms with Crippen molar-refractivity contribution < 1.29 is 32.9 Å². The predicted octanol–water partition coefficient (Wildman–Crippen LogP) is 20.0. The summed E-state index contributed by atoms with van der Waals surface area (Å²) < 4.78 is 23.4. The Hall–Kier alpha value is -3.88. The number of hydrogen-bond acceptors (Lipinski definition) is 6. The van der Waals surface area contributed by atoms with Gasteiger partial charge in [-0.1, -0.05) is 281 Å². The molecule has 2 N–H and O–H groups in total. The van der Waals surface area contributed by atoms with Crippen molar-refractivity contribution in [2.24, 2.45) is 0 Å². The first-order chi connectivity index (χ1) is 39.5. The Kier molecular flexibility index (Phi) is 57.8. The molecule has 3 atom stereocenters. The third-order valence-corrected chi connectivity index (χ3v) is 14.5. The normalized spacial score (nSPS) is 14.8. The molecule has 0 aliphatic rings. The highest BCUT2D eigenvalue weighted by Gasteiger charge is 2.23. The zero-order valence-electron chi connectivity index (χ0n) is 52.4. The maximum atomic E-state index is 13.0. The summed E-state index contributed by atoms with van der Waals surface area (Å²) in [7, 11) is 1.22. The van der Waals surface area contributed by atoms with Crippen LogP contribution in [0.15, 0.2) is 158 Å². The maximum absolute atomic E-state index is 13.0. The van der Waals surface area contributed by atoms with Gasteiger partial charge in [-0.2, -0.15) is 0 Å². The Morgan fingerprint density at radius 3 is 1.10 bits per heavy atom. The van der Waals surface area contributed by atoms with Gasteiger partial charge in [0.25, 0.3) is 7.82 Å². The number of aliphatic hydroxyl groups excluding tert-OH is 1. The van der Waals surface area contributed by atoms with E-state index in [-0.39, 0.29) is 12.5 Å². The first-order valence-electron chi connectivity index (χ1n) is 32.3. The number of nitrogens with zero attached hydrogens (tertiary/aromatic N) is 1. The van der Waals surface area contributed by atoms with Crippen LogP contribution in [-0.4, -0.2) is 68.5 Å². The Bertz CT molecular complexity index is 1870. The molecule has 0 aromatic heterocycles. The number of carbonyl (C=O) groups is 1. The van der Waals surface area contributed by atoms with Gasteiger partial charge in [0, 0.05) is 6.42 Å². The van der Waals surface area contributed by atoms with Crippen LogP contribution in [0.5, 0.6) is 0 Å². The number of quaternary nitrogens is 1. The fourth-order valence-corrected chi connectivity index (χ4v) is 9.21. The van der Waals surface area contributed by atoms with Crippen molar-refractivity contribution in [3.8, 4) is 0 Å². The van der Waals surface area contributed by atoms with Gasteiger partial charge in [-0.25, -0.2) is 0 Å². The average molecular weight is 1140 g/mol. The van der Waals surface area contributed by atoms with E-state index in [1.165, 1.54) is 89.9 Å². The summed E-state index contributed by atoms with van der Waals surface area (Å²) in [6, 6.07) is -0.912. The molecule has 0 aromatic rings. The number of carbonyl (C=O) groups excluding carboxylic acids is 1. The average Bonchev–Trinajstić information content (AvgIpc) is 3.43. The largest absolute Gasteiger partial charge is 0.756 e. The number of amides is 1. The monoisotopic (exact) mass is 1140 g/mol. The Morgan fingerprint density at radius 2 is 0.753 bits per heavy atom. The summed E-state index contributed by atoms with van der Waals surface area (Å²) in [5.41, 5.74) is 0. The number of allylic oxidation sites excluding steroid dienone is 25. The Morgan fingerprint density at radius 1 is 0.444 bits per heavy atom. The van der Waals surface area contributed by atoms with Gasteiger partial charge in [-0.05, 0) is 109 Å². The second-order valence-electron chi connectivity index (χ2n) is 22.4. The minimum Gasteiger partial charge on any atom is -0.756 e. The van der Waals surface area contributed by atoms with Crippen LogP contribution in [0.25, 0.3) is 0 Å². The van der Waals surface area contributed by atoms with Crippen LogP contribution in [0.1, 0.15) is 239 Å². The van der Waals surface area contributed by atoms with Gasteiger partial charge in [0.05, 0.1) is 39.9 Å². The number of unbranched alkanes of at least 4 members (excludes halogenated alkanes) is 20. The standard InChI is InChI=1S/C72H121N2O6P/c1-6-8-10-12-14-16-18-20-22-24-26-27-28-29-30-31-32-33-34-35-36-37-38-39-40-41-42-43-44-45-46-47-48-50-52-54-56-58-60-62-64-66-72(76)73-70(69-80-81(77,78)79-68-67-74(3,4)5)71(75)65-63-61-59-57-55-53-51-49-25-23-21-19-17-15-13-11-9-7-2/h8,10,14,16,20,22,26-27,29-30,32-33,35-36,38-39,41-42,44-45,47-48,52,54,63,65,70-71,75H,6-7,9,11-13,15,17-19,21,23-25,28,31,34,37,40,43,46,49-51,53,55-62,64,66-69H2,1-5H3,(H-,73,76,77,78)/b10-8-,16-14-,22-20-,27-26-,30-29-,33-32-,36-35-,39-38-,42-41-,45-44-,48-47-,54-52-,65-63+. The fraction of sp³-hybridized carbons (Fsp3) is 0.625. The van der Waals surface area contributed by atoms with Crippen LogP contribution >= 0.6 is 7.82 Å². The van der Waals surface area contributed by atoms with Crippen molar-refractivity contribution in [3.05, 3.63) is 158 Å². The molecule has 0 saturated carbocycles. The molecule has 0 radical (unpaired) electrons. The highest BCUT2D eigenvalue weighted by atomic mass is 31.2. The van der Waals surface area contributed by atoms with Crippen molar-refractivity contribution >= 4 is 13.7 Å². The van der Waals surface area contributed by atoms with Crippen LogP contribution in [0.2, 0.25) is 0 Å². The molecule has 0 aromatic carbocycles. The summed E-state index contributed by atoms with van der Waals surface area (Å²) >= 11 is 0. The number of likely N-dealkylation sites (N-methyl/N-ethyl adjacent to an activating group) is 1. The second-order valence-corrected chi connectivity index (χ2v) is 23.8. The minimum atomic E-state index is -4.62. The molecule has 0 fully saturated rings. The number of hydrogen-bond donors (Lipinski definition) is 2. The van der Waals surface area contributed by atoms with Crippen LogP contribution in [0, 0.1) is 0 Å². The highest BCUT2D eigenvalue weighted by Crippen LogP contribution is 2.38. The number of rotatable bonds is 57. The molecule has 0 saturated heterocycles. The zero-order chi connectivity index (χ0) is 59.1. The van der Waals surface area contributed by atoms with Crippen LogP contribution in [0.3, 0.4) is 0 Å². The summed E-state index contributed by atoms with van der Waals surface area (Å²) in [4.78, 5) is 25.5. The minimum absolute atomic E-state index is 0.0142. The molecule has 81 heavy (non-hydrogen) atoms. The lowest BCUT2D eigenvalue weighted by Gasteiger charge is -2.29. The molecule has 8 nitrogen and oxygen atoms in total. The first-order valence-corrected chi connectivity index (χ1v) is 33.8. The molecular weight excluding hydrogens is 1020 g/mol. The maximum Gasteiger partial charge on any atom is 0.268 e. The lowest BCUT2D eigenvalue weighted by atomic mass is 10.0. The lowest BCUT2D eigenvalue weighted by Crippen LogP contribution is -2.45. The summed E-state index contributed by atoms with van der Waals surface area (Å²) in [6.07, 6.45) is 94.8. The molecule has 0 bridgehead atoms. The number of phosphoric acid groups is 1. The first kappa shape index (κ1) is 77.1. The molecule has 0 heterocycles. The fourth-order valence-electron chi connectivity index (χ4n) is 8.49. The van der Waals surface area contributed by atoms with E-state index < -0.39 is 26.6 Å². The van der Waals surface area contributed by atoms with Gasteiger partial charge in [0.1, 0.15) is 13.2 Å². The Balaban J connectivity index is 4.22. The van der Waals surface area contributed by atoms with E-state index in [2.05, 4.69) is 165 Å². The van der Waals surface area contributed by atoms with Gasteiger partial charge in [-0.3, -0.25) is 9.36 Å². The van der Waals surface area contributed by atoms with Crippen LogP contribution in [0.4, 0.5) is 0 Å². The van der Waals surface area contributed by atoms with Crippen LogP contribution in [-0.2, 0) is 18.4 Å². The summed E-state index contributed by atoms with van der Waals surface area (Å²) in [5.74, 6) is -0.227. The molecule has 0 rings (SSSR count). The van der Waals surface area contributed by atoms with E-state index in [1.54, 1.807) is 6.08 Å². The van der Waals surface area contributed by atoms with Gasteiger partial charge in [0.2, 0.25) is 5.91 Å². The van der Waals surface area contributed by atoms with Crippen molar-refractivity contribution in [1.29, 1.82) is 0 Å². The SMILES string of the molecule is CC/C=C\C/C=C\C/C=C\C/C=C\C/C=C\C/C=C\C/C=C\C/C=C\C/C=C\C/C=C\C/C=C\C/C=C\CCCCCCC(=O)NC(COP(=O)([O-])OCC[N+](C)(C)C)C(O)/C=C/CCCCCCCCCCCCCCCCCC. The molecule has 0 spiro atoms.